The fourth-order valence-corrected chi connectivity index (χ4v) is 10.3. The highest BCUT2D eigenvalue weighted by Crippen LogP contribution is 2.28. The molecular weight excluding hydrogens is 1060 g/mol. The molecule has 0 spiro atoms. The summed E-state index contributed by atoms with van der Waals surface area (Å²) in [6, 6.07) is -0.645. The van der Waals surface area contributed by atoms with Gasteiger partial charge in [0.15, 0.2) is 0 Å². The maximum atomic E-state index is 10.8. The Morgan fingerprint density at radius 3 is 1.25 bits per heavy atom. The summed E-state index contributed by atoms with van der Waals surface area (Å²) in [7, 11) is 7.70. The van der Waals surface area contributed by atoms with Crippen LogP contribution in [0.2, 0.25) is 0 Å². The molecule has 24 nitrogen and oxygen atoms in total. The summed E-state index contributed by atoms with van der Waals surface area (Å²) in [5.74, 6) is 0.0596. The van der Waals surface area contributed by atoms with Crippen molar-refractivity contribution in [2.75, 3.05) is 47.2 Å². The highest BCUT2D eigenvalue weighted by molar-refractivity contribution is 7.81. The number of nitrogens with zero attached hydrogens (tertiary/aromatic N) is 2. The van der Waals surface area contributed by atoms with E-state index in [9.17, 15) is 66.1 Å². The number of thiol groups is 3. The van der Waals surface area contributed by atoms with E-state index in [0.29, 0.717) is 5.75 Å². The second-order valence-corrected chi connectivity index (χ2v) is 22.3. The lowest BCUT2D eigenvalue weighted by molar-refractivity contribution is -0.210. The fourth-order valence-electron chi connectivity index (χ4n) is 9.23. The van der Waals surface area contributed by atoms with Gasteiger partial charge in [-0.1, -0.05) is 7.43 Å². The standard InChI is InChI=1S/C9H17NO4.C9H19NO3.C9H19NO2.3C7H14O4S.CH4/c1-4-8(12)7(10-6(3)11)9(13)5(2)14-4;1-5-8(11)7(10(3)4)9(12)6(2)13-5;1-6-5-8(10(3)4)9(11)7(2)12-6;1-3-5(9)6(10)7(12)4(2-8)11-3;1-3-5(8)7(10)6(9)4(2-12)11-3;1-3-5(9)7(12)6(10)4(2-8)11-3;/h4-5,7-9,12-13H,1-3H3,(H,10,11);5-9,11-12H,1-4H3;6-9,11H,5H2,1-4H3;3*3-10,12H,2H2,1H3;1H4/t4-,5?,7?,8-,9-;5-,6?,7?,8-,9-;6?,7-,8?,9-;3-,4?,5-,6?,7-;2*3-,4?,5-,6-,7?;/m111111./s1. The number of hydrogen-bond acceptors (Lipinski definition) is 26. The van der Waals surface area contributed by atoms with Crippen LogP contribution >= 0.6 is 37.9 Å². The van der Waals surface area contributed by atoms with Crippen LogP contribution in [0.25, 0.3) is 0 Å². The lowest BCUT2D eigenvalue weighted by atomic mass is 9.93. The molecule has 456 valence electrons. The minimum absolute atomic E-state index is 0. The molecule has 15 N–H and O–H groups in total. The van der Waals surface area contributed by atoms with Gasteiger partial charge in [-0.2, -0.15) is 37.9 Å². The molecule has 0 bridgehead atoms. The van der Waals surface area contributed by atoms with E-state index in [1.807, 2.05) is 53.9 Å². The van der Waals surface area contributed by atoms with E-state index in [1.54, 1.807) is 34.6 Å². The van der Waals surface area contributed by atoms with Crippen LogP contribution in [0.3, 0.4) is 0 Å². The first-order chi connectivity index (χ1) is 34.6. The monoisotopic (exact) mass is 1160 g/mol. The number of rotatable bonds is 6. The number of carbonyl (C=O) groups is 1. The van der Waals surface area contributed by atoms with Gasteiger partial charge < -0.3 is 115 Å². The Kier molecular flexibility index (Phi) is 35.4. The van der Waals surface area contributed by atoms with Crippen LogP contribution < -0.4 is 5.32 Å². The molecule has 0 saturated carbocycles. The number of ether oxygens (including phenoxy) is 6. The number of carbonyl (C=O) groups excluding carboxylic acids is 1. The zero-order valence-corrected chi connectivity index (χ0v) is 48.6. The van der Waals surface area contributed by atoms with Crippen LogP contribution in [0, 0.1) is 0 Å². The third kappa shape index (κ3) is 21.8. The molecule has 6 fully saturated rings. The Balaban J connectivity index is 0.000000887. The summed E-state index contributed by atoms with van der Waals surface area (Å²) in [4.78, 5) is 14.8. The van der Waals surface area contributed by atoms with E-state index in [4.69, 9.17) is 38.6 Å². The minimum Gasteiger partial charge on any atom is -0.394 e. The van der Waals surface area contributed by atoms with Gasteiger partial charge >= 0.3 is 0 Å². The van der Waals surface area contributed by atoms with Crippen molar-refractivity contribution in [3.8, 4) is 0 Å². The summed E-state index contributed by atoms with van der Waals surface area (Å²) < 4.78 is 31.7. The molecule has 0 aromatic rings. The summed E-state index contributed by atoms with van der Waals surface area (Å²) >= 11 is 12.0. The summed E-state index contributed by atoms with van der Waals surface area (Å²) in [6.45, 7) is 16.9. The van der Waals surface area contributed by atoms with Crippen molar-refractivity contribution in [2.24, 2.45) is 0 Å². The number of amides is 1. The molecule has 76 heavy (non-hydrogen) atoms. The SMILES string of the molecule is C.CC(=O)NC1[C@H](O)C(C)O[C@H](C)[C@H]1O.CC1CC(N(C)C)[C@H](O)[C@@H](C)O1.CC1O[C@H](C)[C@@H](O)C(N(C)C)[C@@H]1O.C[C@H]1OC(CO)[C@@H](O)C(S)[C@@H]1O.C[C@H]1OC(CO)[C@@H](S)C(O)[C@@H]1O.C[C@H]1OC(CS)[C@@H](O)C(O)[C@@H]1O. The predicted molar refractivity (Wildman–Crippen MR) is 293 cm³/mol. The van der Waals surface area contributed by atoms with Crippen LogP contribution in [0.5, 0.6) is 0 Å². The molecule has 0 aliphatic carbocycles. The highest BCUT2D eigenvalue weighted by Gasteiger charge is 2.45. The first-order valence-corrected chi connectivity index (χ1v) is 27.2. The maximum Gasteiger partial charge on any atom is 0.217 e. The van der Waals surface area contributed by atoms with Gasteiger partial charge in [-0.05, 0) is 96.9 Å². The Morgan fingerprint density at radius 2 is 0.842 bits per heavy atom. The summed E-state index contributed by atoms with van der Waals surface area (Å²) in [5.41, 5.74) is 0. The normalized spacial score (nSPS) is 46.2. The van der Waals surface area contributed by atoms with Crippen molar-refractivity contribution in [2.45, 2.75) is 258 Å². The van der Waals surface area contributed by atoms with Crippen molar-refractivity contribution in [1.82, 2.24) is 15.1 Å². The smallest absolute Gasteiger partial charge is 0.217 e. The number of aliphatic hydroxyl groups excluding tert-OH is 14. The third-order valence-corrected chi connectivity index (χ3v) is 15.7. The molecule has 1 amide bonds. The molecule has 6 rings (SSSR count). The van der Waals surface area contributed by atoms with Crippen LogP contribution in [-0.4, -0.2) is 309 Å². The fraction of sp³-hybridized carbons (Fsp3) is 0.980. The molecule has 0 aromatic heterocycles. The van der Waals surface area contributed by atoms with Crippen LogP contribution in [-0.2, 0) is 33.2 Å². The van der Waals surface area contributed by atoms with Crippen LogP contribution in [0.1, 0.15) is 83.1 Å². The van der Waals surface area contributed by atoms with E-state index in [0.717, 1.165) is 6.42 Å². The Morgan fingerprint density at radius 1 is 0.461 bits per heavy atom. The maximum absolute atomic E-state index is 10.8. The zero-order valence-electron chi connectivity index (χ0n) is 45.9. The molecule has 27 heteroatoms. The molecule has 0 radical (unpaired) electrons. The predicted octanol–water partition coefficient (Wildman–Crippen LogP) is -4.06. The number of likely N-dealkylation sites (N-methyl/N-ethyl adjacent to an activating group) is 2. The second-order valence-electron chi connectivity index (χ2n) is 20.7. The Labute approximate surface area is 467 Å². The second kappa shape index (κ2) is 35.6. The number of aliphatic hydroxyl groups is 14. The van der Waals surface area contributed by atoms with Crippen molar-refractivity contribution >= 4 is 43.8 Å². The van der Waals surface area contributed by atoms with Gasteiger partial charge in [0.25, 0.3) is 0 Å². The molecule has 6 aliphatic rings. The van der Waals surface area contributed by atoms with Crippen molar-refractivity contribution in [1.29, 1.82) is 0 Å². The average molecular weight is 1160 g/mol. The minimum atomic E-state index is -1.13. The summed E-state index contributed by atoms with van der Waals surface area (Å²) in [6.07, 6.45) is -13.1. The van der Waals surface area contributed by atoms with Gasteiger partial charge in [0, 0.05) is 18.7 Å². The topological polar surface area (TPSA) is 374 Å². The van der Waals surface area contributed by atoms with Crippen molar-refractivity contribution in [3.05, 3.63) is 0 Å². The van der Waals surface area contributed by atoms with E-state index in [1.165, 1.54) is 6.92 Å². The van der Waals surface area contributed by atoms with Crippen LogP contribution in [0.4, 0.5) is 0 Å². The first kappa shape index (κ1) is 75.6. The van der Waals surface area contributed by atoms with E-state index >= 15 is 0 Å². The van der Waals surface area contributed by atoms with E-state index < -0.39 is 120 Å². The third-order valence-electron chi connectivity index (χ3n) is 14.1. The van der Waals surface area contributed by atoms with Gasteiger partial charge in [0.1, 0.15) is 42.7 Å². The lowest BCUT2D eigenvalue weighted by Gasteiger charge is -2.43. The van der Waals surface area contributed by atoms with Gasteiger partial charge in [-0.15, -0.1) is 0 Å². The van der Waals surface area contributed by atoms with Gasteiger partial charge in [-0.3, -0.25) is 4.79 Å². The van der Waals surface area contributed by atoms with Gasteiger partial charge in [0.2, 0.25) is 5.91 Å². The number of hydrogen-bond donors (Lipinski definition) is 18. The van der Waals surface area contributed by atoms with Crippen molar-refractivity contribution < 1.29 is 105 Å². The first-order valence-electron chi connectivity index (χ1n) is 25.5. The lowest BCUT2D eigenvalue weighted by Crippen LogP contribution is -2.62. The zero-order chi connectivity index (χ0) is 58.3. The molecule has 6 heterocycles. The molecule has 6 aliphatic heterocycles. The van der Waals surface area contributed by atoms with Gasteiger partial charge in [-0.25, -0.2) is 0 Å². The summed E-state index contributed by atoms with van der Waals surface area (Å²) in [5, 5.41) is 133. The van der Waals surface area contributed by atoms with Gasteiger partial charge in [0.05, 0.1) is 140 Å². The number of nitrogens with one attached hydrogen (secondary N) is 1. The molecule has 6 saturated heterocycles. The quantitative estimate of drug-likeness (QED) is 0.113. The van der Waals surface area contributed by atoms with E-state index in [2.05, 4.69) is 55.0 Å². The molecular formula is C49H101N3O21S3. The molecule has 12 unspecified atom stereocenters. The Hall–Kier alpha value is -0.360. The molecule has 29 atom stereocenters. The highest BCUT2D eigenvalue weighted by atomic mass is 32.1. The Bertz CT molecular complexity index is 1460. The molecule has 0 aromatic carbocycles. The van der Waals surface area contributed by atoms with Crippen molar-refractivity contribution in [3.63, 3.8) is 0 Å². The largest absolute Gasteiger partial charge is 0.394 e. The van der Waals surface area contributed by atoms with E-state index in [-0.39, 0.29) is 81.4 Å². The van der Waals surface area contributed by atoms with Crippen LogP contribution in [0.15, 0.2) is 0 Å². The average Bonchev–Trinajstić information content (AvgIpc) is 3.34.